The lowest BCUT2D eigenvalue weighted by Crippen LogP contribution is -2.43. The number of rotatable bonds is 6. The fourth-order valence-electron chi connectivity index (χ4n) is 2.26. The third-order valence-electron chi connectivity index (χ3n) is 3.32. The van der Waals surface area contributed by atoms with Crippen LogP contribution in [-0.2, 0) is 4.79 Å². The topological polar surface area (TPSA) is 54.5 Å². The second-order valence-corrected chi connectivity index (χ2v) is 4.98. The molecule has 0 aliphatic carbocycles. The number of halogens is 1. The number of nitrogens with one attached hydrogen (secondary N) is 1. The summed E-state index contributed by atoms with van der Waals surface area (Å²) in [4.78, 5) is 17.4. The van der Waals surface area contributed by atoms with Gasteiger partial charge >= 0.3 is 0 Å². The molecule has 0 spiro atoms. The Hall–Kier alpha value is -1.95. The highest BCUT2D eigenvalue weighted by molar-refractivity contribution is 5.78. The summed E-state index contributed by atoms with van der Waals surface area (Å²) >= 11 is 0. The van der Waals surface area contributed by atoms with Gasteiger partial charge in [0.1, 0.15) is 6.10 Å². The zero-order chi connectivity index (χ0) is 15.1. The molecule has 5 nitrogen and oxygen atoms in total. The number of hydrogen-bond donors (Lipinski definition) is 1. The maximum atomic E-state index is 13.0. The van der Waals surface area contributed by atoms with E-state index in [-0.39, 0.29) is 12.0 Å². The third kappa shape index (κ3) is 5.15. The first-order valence-electron chi connectivity index (χ1n) is 7.06. The van der Waals surface area contributed by atoms with Crippen LogP contribution in [0.3, 0.4) is 0 Å². The van der Waals surface area contributed by atoms with Crippen LogP contribution >= 0.6 is 0 Å². The Morgan fingerprint density at radius 2 is 2.29 bits per heavy atom. The number of hydrogen-bond acceptors (Lipinski definition) is 4. The number of amides is 1. The fraction of sp³-hybridized carbons (Fsp3) is 0.467. The molecule has 1 amide bonds. The summed E-state index contributed by atoms with van der Waals surface area (Å²) < 4.78 is 18.6. The van der Waals surface area contributed by atoms with E-state index in [0.717, 1.165) is 25.9 Å². The van der Waals surface area contributed by atoms with Gasteiger partial charge in [-0.25, -0.2) is 0 Å². The van der Waals surface area contributed by atoms with E-state index in [4.69, 9.17) is 4.74 Å². The predicted octanol–water partition coefficient (Wildman–Crippen LogP) is 1.37. The van der Waals surface area contributed by atoms with Crippen LogP contribution in [0.2, 0.25) is 0 Å². The molecule has 1 fully saturated rings. The van der Waals surface area contributed by atoms with E-state index < -0.39 is 5.95 Å². The van der Waals surface area contributed by atoms with Gasteiger partial charge in [0, 0.05) is 25.7 Å². The quantitative estimate of drug-likeness (QED) is 0.636. The van der Waals surface area contributed by atoms with Crippen molar-refractivity contribution in [1.29, 1.82) is 0 Å². The standard InChI is InChI=1S/C15H20FN3O2/c1-2-8-17-14(20)11-19-9-6-12(7-10-19)21-15-5-3-4-13(16)18-15/h2-5,12H,1,6-11H2,(H,17,20). The van der Waals surface area contributed by atoms with Gasteiger partial charge in [0.15, 0.2) is 0 Å². The number of ether oxygens (including phenoxy) is 1. The minimum Gasteiger partial charge on any atom is -0.474 e. The number of carbonyl (C=O) groups is 1. The predicted molar refractivity (Wildman–Crippen MR) is 77.5 cm³/mol. The largest absolute Gasteiger partial charge is 0.474 e. The van der Waals surface area contributed by atoms with Crippen LogP contribution in [0.4, 0.5) is 4.39 Å². The van der Waals surface area contributed by atoms with Crippen LogP contribution in [0.25, 0.3) is 0 Å². The normalized spacial score (nSPS) is 16.4. The summed E-state index contributed by atoms with van der Waals surface area (Å²) in [5.74, 6) is -0.220. The van der Waals surface area contributed by atoms with E-state index in [1.807, 2.05) is 0 Å². The van der Waals surface area contributed by atoms with Crippen LogP contribution in [-0.4, -0.2) is 48.1 Å². The van der Waals surface area contributed by atoms with Crippen LogP contribution in [0.15, 0.2) is 30.9 Å². The van der Waals surface area contributed by atoms with E-state index in [9.17, 15) is 9.18 Å². The van der Waals surface area contributed by atoms with Crippen LogP contribution in [0, 0.1) is 5.95 Å². The number of likely N-dealkylation sites (tertiary alicyclic amines) is 1. The SMILES string of the molecule is C=CCNC(=O)CN1CCC(Oc2cccc(F)n2)CC1. The van der Waals surface area contributed by atoms with Gasteiger partial charge < -0.3 is 10.1 Å². The van der Waals surface area contributed by atoms with Gasteiger partial charge in [0.2, 0.25) is 17.7 Å². The molecule has 21 heavy (non-hydrogen) atoms. The summed E-state index contributed by atoms with van der Waals surface area (Å²) in [6.07, 6.45) is 3.27. The maximum absolute atomic E-state index is 13.0. The van der Waals surface area contributed by atoms with E-state index in [1.165, 1.54) is 6.07 Å². The van der Waals surface area contributed by atoms with Gasteiger partial charge in [-0.05, 0) is 18.9 Å². The minimum absolute atomic E-state index is 0.000987. The zero-order valence-corrected chi connectivity index (χ0v) is 11.9. The molecule has 0 atom stereocenters. The van der Waals surface area contributed by atoms with Crippen LogP contribution < -0.4 is 10.1 Å². The Kier molecular flexibility index (Phi) is 5.68. The second-order valence-electron chi connectivity index (χ2n) is 4.98. The van der Waals surface area contributed by atoms with Crippen molar-refractivity contribution in [3.8, 4) is 5.88 Å². The van der Waals surface area contributed by atoms with Crippen LogP contribution in [0.1, 0.15) is 12.8 Å². The Morgan fingerprint density at radius 1 is 1.52 bits per heavy atom. The molecule has 114 valence electrons. The molecule has 0 aromatic carbocycles. The van der Waals surface area contributed by atoms with E-state index in [0.29, 0.717) is 19.0 Å². The van der Waals surface area contributed by atoms with Crippen molar-refractivity contribution in [2.75, 3.05) is 26.2 Å². The number of aromatic nitrogens is 1. The second kappa shape index (κ2) is 7.73. The lowest BCUT2D eigenvalue weighted by Gasteiger charge is -2.31. The first-order chi connectivity index (χ1) is 10.2. The van der Waals surface area contributed by atoms with Crippen LogP contribution in [0.5, 0.6) is 5.88 Å². The van der Waals surface area contributed by atoms with Crippen molar-refractivity contribution in [3.63, 3.8) is 0 Å². The molecule has 1 aliphatic rings. The van der Waals surface area contributed by atoms with Gasteiger partial charge in [-0.2, -0.15) is 9.37 Å². The Bertz CT molecular complexity index is 488. The van der Waals surface area contributed by atoms with Gasteiger partial charge in [-0.1, -0.05) is 12.1 Å². The molecular weight excluding hydrogens is 273 g/mol. The number of carbonyl (C=O) groups excluding carboxylic acids is 1. The van der Waals surface area contributed by atoms with Crippen molar-refractivity contribution in [3.05, 3.63) is 36.8 Å². The smallest absolute Gasteiger partial charge is 0.234 e. The van der Waals surface area contributed by atoms with Gasteiger partial charge in [-0.3, -0.25) is 9.69 Å². The highest BCUT2D eigenvalue weighted by Crippen LogP contribution is 2.17. The molecule has 0 radical (unpaired) electrons. The first kappa shape index (κ1) is 15.4. The third-order valence-corrected chi connectivity index (χ3v) is 3.32. The maximum Gasteiger partial charge on any atom is 0.234 e. The Morgan fingerprint density at radius 3 is 2.95 bits per heavy atom. The molecule has 1 saturated heterocycles. The highest BCUT2D eigenvalue weighted by atomic mass is 19.1. The molecule has 1 aliphatic heterocycles. The van der Waals surface area contributed by atoms with Crippen molar-refractivity contribution in [2.24, 2.45) is 0 Å². The Balaban J connectivity index is 1.73. The summed E-state index contributed by atoms with van der Waals surface area (Å²) in [6.45, 7) is 5.99. The lowest BCUT2D eigenvalue weighted by atomic mass is 10.1. The molecule has 1 N–H and O–H groups in total. The van der Waals surface area contributed by atoms with E-state index in [2.05, 4.69) is 21.8 Å². The lowest BCUT2D eigenvalue weighted by molar-refractivity contribution is -0.122. The van der Waals surface area contributed by atoms with Crippen molar-refractivity contribution < 1.29 is 13.9 Å². The van der Waals surface area contributed by atoms with E-state index >= 15 is 0 Å². The summed E-state index contributed by atoms with van der Waals surface area (Å²) in [6, 6.07) is 4.52. The van der Waals surface area contributed by atoms with E-state index in [1.54, 1.807) is 18.2 Å². The molecule has 0 unspecified atom stereocenters. The van der Waals surface area contributed by atoms with Crippen molar-refractivity contribution >= 4 is 5.91 Å². The highest BCUT2D eigenvalue weighted by Gasteiger charge is 2.22. The molecule has 2 rings (SSSR count). The fourth-order valence-corrected chi connectivity index (χ4v) is 2.26. The minimum atomic E-state index is -0.538. The average molecular weight is 293 g/mol. The number of pyridine rings is 1. The summed E-state index contributed by atoms with van der Waals surface area (Å²) in [7, 11) is 0. The molecule has 0 bridgehead atoms. The molecule has 2 heterocycles. The monoisotopic (exact) mass is 293 g/mol. The molecule has 1 aromatic rings. The van der Waals surface area contributed by atoms with Gasteiger partial charge in [0.05, 0.1) is 6.54 Å². The average Bonchev–Trinajstić information content (AvgIpc) is 2.47. The summed E-state index contributed by atoms with van der Waals surface area (Å²) in [5.41, 5.74) is 0. The Labute approximate surface area is 123 Å². The van der Waals surface area contributed by atoms with Crippen molar-refractivity contribution in [2.45, 2.75) is 18.9 Å². The zero-order valence-electron chi connectivity index (χ0n) is 11.9. The van der Waals surface area contributed by atoms with Gasteiger partial charge in [0.25, 0.3) is 0 Å². The molecule has 0 saturated carbocycles. The first-order valence-corrected chi connectivity index (χ1v) is 7.06. The van der Waals surface area contributed by atoms with Crippen molar-refractivity contribution in [1.82, 2.24) is 15.2 Å². The number of piperidine rings is 1. The summed E-state index contributed by atoms with van der Waals surface area (Å²) in [5, 5.41) is 2.76. The molecule has 1 aromatic heterocycles. The number of nitrogens with zero attached hydrogens (tertiary/aromatic N) is 2. The van der Waals surface area contributed by atoms with Gasteiger partial charge in [-0.15, -0.1) is 6.58 Å². The molecule has 6 heteroatoms. The molecular formula is C15H20FN3O2.